The molecule has 5 heterocycles. The number of piperazine rings is 1. The van der Waals surface area contributed by atoms with Gasteiger partial charge in [-0.15, -0.1) is 0 Å². The van der Waals surface area contributed by atoms with Gasteiger partial charge in [0.05, 0.1) is 27.3 Å². The van der Waals surface area contributed by atoms with Gasteiger partial charge >= 0.3 is 0 Å². The molecule has 1 spiro atoms. The van der Waals surface area contributed by atoms with E-state index >= 15 is 8.78 Å². The number of rotatable bonds is 16. The lowest BCUT2D eigenvalue weighted by Gasteiger charge is -2.58. The van der Waals surface area contributed by atoms with Crippen LogP contribution in [-0.2, 0) is 21.3 Å². The number of ether oxygens (including phenoxy) is 2. The van der Waals surface area contributed by atoms with Crippen molar-refractivity contribution in [3.05, 3.63) is 142 Å². The lowest BCUT2D eigenvalue weighted by molar-refractivity contribution is -0.384. The predicted octanol–water partition coefficient (Wildman–Crippen LogP) is 9.95. The molecule has 4 aliphatic rings. The van der Waals surface area contributed by atoms with Crippen LogP contribution in [0.25, 0.3) is 11.0 Å². The molecule has 16 nitrogen and oxygen atoms in total. The molecule has 4 aromatic carbocycles. The first-order valence-corrected chi connectivity index (χ1v) is 27.3. The highest BCUT2D eigenvalue weighted by Gasteiger charge is 2.50. The summed E-state index contributed by atoms with van der Waals surface area (Å²) in [6, 6.07) is 27.3. The van der Waals surface area contributed by atoms with E-state index in [0.717, 1.165) is 76.1 Å². The van der Waals surface area contributed by atoms with Crippen molar-refractivity contribution in [3.8, 4) is 11.5 Å². The zero-order valence-electron chi connectivity index (χ0n) is 42.9. The third kappa shape index (κ3) is 11.2. The lowest BCUT2D eigenvalue weighted by atomic mass is 9.59. The second-order valence-corrected chi connectivity index (χ2v) is 23.0. The quantitative estimate of drug-likeness (QED) is 0.0617. The number of benzene rings is 4. The van der Waals surface area contributed by atoms with E-state index in [1.54, 1.807) is 18.3 Å². The van der Waals surface area contributed by atoms with Gasteiger partial charge in [0, 0.05) is 127 Å². The average Bonchev–Trinajstić information content (AvgIpc) is 3.86. The van der Waals surface area contributed by atoms with Gasteiger partial charge < -0.3 is 29.6 Å². The first-order valence-electron chi connectivity index (χ1n) is 25.8. The molecule has 75 heavy (non-hydrogen) atoms. The van der Waals surface area contributed by atoms with Gasteiger partial charge in [0.1, 0.15) is 34.3 Å². The Morgan fingerprint density at radius 3 is 2.44 bits per heavy atom. The van der Waals surface area contributed by atoms with E-state index in [4.69, 9.17) is 9.47 Å². The molecule has 396 valence electrons. The summed E-state index contributed by atoms with van der Waals surface area (Å²) in [4.78, 5) is 41.7. The minimum Gasteiger partial charge on any atom is -0.455 e. The Bertz CT molecular complexity index is 3170. The molecule has 3 saturated heterocycles. The van der Waals surface area contributed by atoms with Crippen LogP contribution in [0.2, 0.25) is 0 Å². The minimum absolute atomic E-state index is 0.0965. The number of nitrogens with zero attached hydrogens (tertiary/aromatic N) is 6. The molecule has 0 radical (unpaired) electrons. The zero-order chi connectivity index (χ0) is 52.6. The number of fused-ring (bicyclic) bond motifs is 1. The van der Waals surface area contributed by atoms with Crippen molar-refractivity contribution in [2.24, 2.45) is 5.41 Å². The number of aromatic amines is 1. The number of aromatic nitrogens is 2. The number of alkyl halides is 1. The number of H-pyrrole nitrogens is 1. The monoisotopic (exact) mass is 1050 g/mol. The van der Waals surface area contributed by atoms with Crippen LogP contribution in [0.5, 0.6) is 11.5 Å². The number of nitro benzene ring substituents is 1. The number of sulfonamides is 1. The van der Waals surface area contributed by atoms with Gasteiger partial charge in [-0.1, -0.05) is 50.2 Å². The molecule has 1 unspecified atom stereocenters. The van der Waals surface area contributed by atoms with Gasteiger partial charge in [0.15, 0.2) is 0 Å². The number of nitrogens with one attached hydrogen (secondary N) is 3. The summed E-state index contributed by atoms with van der Waals surface area (Å²) in [6.45, 7) is 9.57. The van der Waals surface area contributed by atoms with E-state index < -0.39 is 48.5 Å². The van der Waals surface area contributed by atoms with Crippen molar-refractivity contribution < 1.29 is 36.4 Å². The second kappa shape index (κ2) is 21.2. The maximum Gasteiger partial charge on any atom is 0.293 e. The van der Waals surface area contributed by atoms with E-state index in [9.17, 15) is 23.3 Å². The van der Waals surface area contributed by atoms with Crippen molar-refractivity contribution in [1.29, 1.82) is 0 Å². The fourth-order valence-electron chi connectivity index (χ4n) is 11.5. The normalized spacial score (nSPS) is 19.2. The van der Waals surface area contributed by atoms with Crippen LogP contribution in [0.3, 0.4) is 0 Å². The van der Waals surface area contributed by atoms with Gasteiger partial charge in [-0.25, -0.2) is 26.9 Å². The summed E-state index contributed by atoms with van der Waals surface area (Å²) in [6.07, 6.45) is 7.12. The number of nitro groups is 1. The Morgan fingerprint density at radius 1 is 0.973 bits per heavy atom. The van der Waals surface area contributed by atoms with Crippen LogP contribution in [0, 0.1) is 21.3 Å². The van der Waals surface area contributed by atoms with E-state index in [1.165, 1.54) is 34.6 Å². The summed E-state index contributed by atoms with van der Waals surface area (Å²) in [7, 11) is -0.668. The highest BCUT2D eigenvalue weighted by atomic mass is 32.2. The number of hydrogen-bond acceptors (Lipinski definition) is 13. The molecule has 19 heteroatoms. The van der Waals surface area contributed by atoms with Crippen molar-refractivity contribution >= 4 is 49.7 Å². The van der Waals surface area contributed by atoms with Crippen LogP contribution >= 0.6 is 0 Å². The zero-order valence-corrected chi connectivity index (χ0v) is 43.7. The third-order valence-corrected chi connectivity index (χ3v) is 17.2. The van der Waals surface area contributed by atoms with Crippen molar-refractivity contribution in [3.63, 3.8) is 0 Å². The van der Waals surface area contributed by atoms with Crippen molar-refractivity contribution in [2.75, 3.05) is 81.7 Å². The van der Waals surface area contributed by atoms with Gasteiger partial charge in [-0.2, -0.15) is 0 Å². The number of carbonyl (C=O) groups excluding carboxylic acids is 1. The van der Waals surface area contributed by atoms with Gasteiger partial charge in [0.25, 0.3) is 21.6 Å². The van der Waals surface area contributed by atoms with Crippen LogP contribution in [0.1, 0.15) is 91.4 Å². The number of carbonyl (C=O) groups is 1. The Hall–Kier alpha value is -6.67. The van der Waals surface area contributed by atoms with E-state index in [2.05, 4.69) is 106 Å². The molecule has 0 bridgehead atoms. The predicted molar refractivity (Wildman–Crippen MR) is 286 cm³/mol. The number of pyridine rings is 1. The van der Waals surface area contributed by atoms with Gasteiger partial charge in [-0.3, -0.25) is 24.7 Å². The van der Waals surface area contributed by atoms with Crippen LogP contribution in [-0.4, -0.2) is 117 Å². The molecular formula is C56H65F2N9O7S. The lowest BCUT2D eigenvalue weighted by Crippen LogP contribution is -2.60. The number of piperidine rings is 1. The van der Waals surface area contributed by atoms with Gasteiger partial charge in [0.2, 0.25) is 0 Å². The molecule has 3 aliphatic heterocycles. The highest BCUT2D eigenvalue weighted by Crippen LogP contribution is 2.54. The topological polar surface area (TPSA) is 179 Å². The van der Waals surface area contributed by atoms with Crippen LogP contribution in [0.4, 0.5) is 31.5 Å². The number of anilines is 3. The van der Waals surface area contributed by atoms with E-state index in [-0.39, 0.29) is 66.9 Å². The van der Waals surface area contributed by atoms with Crippen LogP contribution < -0.4 is 24.6 Å². The summed E-state index contributed by atoms with van der Waals surface area (Å²) in [5.41, 5.74) is 3.34. The molecule has 3 N–H and O–H groups in total. The fraction of sp³-hybridized carbons (Fsp3) is 0.429. The number of halogens is 2. The molecule has 4 fully saturated rings. The Morgan fingerprint density at radius 2 is 1.72 bits per heavy atom. The summed E-state index contributed by atoms with van der Waals surface area (Å²) < 4.78 is 73.0. The van der Waals surface area contributed by atoms with Crippen molar-refractivity contribution in [1.82, 2.24) is 24.5 Å². The van der Waals surface area contributed by atoms with E-state index in [1.807, 2.05) is 9.62 Å². The maximum absolute atomic E-state index is 16.6. The summed E-state index contributed by atoms with van der Waals surface area (Å²) >= 11 is 0. The fourth-order valence-corrected chi connectivity index (χ4v) is 12.5. The first kappa shape index (κ1) is 51.8. The Balaban J connectivity index is 0.849. The molecule has 1 aliphatic carbocycles. The molecule has 1 amide bonds. The maximum atomic E-state index is 16.6. The Labute approximate surface area is 436 Å². The van der Waals surface area contributed by atoms with Crippen molar-refractivity contribution in [2.45, 2.75) is 87.5 Å². The molecule has 10 rings (SSSR count). The summed E-state index contributed by atoms with van der Waals surface area (Å²) in [5, 5.41) is 15.6. The molecule has 2 aromatic heterocycles. The standard InChI is InChI=1S/C56H65F2N9O7S/c1-37(2)44-7-5-6-8-45(44)51-35-64(34-38-9-11-40(12-10-38)63(3)4)23-24-66(51)41-31-55(32-41)16-21-65(22-17-55)49-30-52(74-42-27-39-15-20-59-53(39)60-33-42)46(29-47(49)57)54(68)62-75(71,72)43-13-14-48(50(28-43)67(69)70)61-36-56(58)18-25-73-26-19-56/h5-15,20,27-30,33,37,41,51,61H,16-19,21-26,31-32,34-36H2,1-4H3,(H,59,60)(H,62,68). The summed E-state index contributed by atoms with van der Waals surface area (Å²) in [5.74, 6) is -1.47. The first-order chi connectivity index (χ1) is 35.9. The largest absolute Gasteiger partial charge is 0.455 e. The minimum atomic E-state index is -4.78. The SMILES string of the molecule is CC(C)c1ccccc1C1CN(Cc2ccc(N(C)C)cc2)CCN1C1CC2(CCN(c3cc(Oc4cnc5[nH]ccc5c4)c(C(=O)NS(=O)(=O)c4ccc(NCC5(F)CCOCC5)c([N+](=O)[O-])c4)cc3F)CC2)C1. The van der Waals surface area contributed by atoms with Gasteiger partial charge in [-0.05, 0) is 96.2 Å². The Kier molecular flexibility index (Phi) is 14.6. The average molecular weight is 1050 g/mol. The van der Waals surface area contributed by atoms with E-state index in [0.29, 0.717) is 36.1 Å². The molecule has 6 aromatic rings. The highest BCUT2D eigenvalue weighted by molar-refractivity contribution is 7.90. The third-order valence-electron chi connectivity index (χ3n) is 15.9. The number of amides is 1. The molecule has 1 atom stereocenters. The van der Waals surface area contributed by atoms with Crippen LogP contribution in [0.15, 0.2) is 108 Å². The second-order valence-electron chi connectivity index (χ2n) is 21.4. The molecule has 1 saturated carbocycles. The molecular weight excluding hydrogens is 981 g/mol. The number of hydrogen-bond donors (Lipinski definition) is 3. The smallest absolute Gasteiger partial charge is 0.293 e.